The van der Waals surface area contributed by atoms with Crippen LogP contribution in [0.1, 0.15) is 25.7 Å². The highest BCUT2D eigenvalue weighted by molar-refractivity contribution is 7.86. The maximum absolute atomic E-state index is 12.5. The van der Waals surface area contributed by atoms with Crippen LogP contribution in [0.2, 0.25) is 0 Å². The summed E-state index contributed by atoms with van der Waals surface area (Å²) in [6, 6.07) is 0. The number of hydrogen-bond donors (Lipinski definition) is 2. The molecule has 0 unspecified atom stereocenters. The van der Waals surface area contributed by atoms with Crippen molar-refractivity contribution in [2.24, 2.45) is 5.92 Å². The smallest absolute Gasteiger partial charge is 0.281 e. The zero-order chi connectivity index (χ0) is 17.7. The number of morpholine rings is 1. The Hall–Kier alpha value is -0.740. The van der Waals surface area contributed by atoms with Crippen molar-refractivity contribution in [2.45, 2.75) is 25.7 Å². The number of nitrogens with zero attached hydrogens (tertiary/aromatic N) is 2. The molecule has 3 aliphatic heterocycles. The van der Waals surface area contributed by atoms with Gasteiger partial charge in [-0.15, -0.1) is 0 Å². The Kier molecular flexibility index (Phi) is 6.67. The molecule has 0 aromatic rings. The molecule has 25 heavy (non-hydrogen) atoms. The van der Waals surface area contributed by atoms with Crippen molar-refractivity contribution in [3.8, 4) is 0 Å². The standard InChI is InChI=1S/C16H30N4O4S/c21-16(17-5-10-18-11-13-24-14-12-18)15-3-8-20(9-4-15)25(22,23)19-6-1-2-7-19/h15H,1-14H2,(H,17,21)/p+1. The Labute approximate surface area is 150 Å². The SMILES string of the molecule is O=C(NCC[NH+]1CCOCC1)C1CCN(S(=O)(=O)N2CCCC2)CC1. The van der Waals surface area contributed by atoms with Crippen molar-refractivity contribution in [3.63, 3.8) is 0 Å². The molecule has 2 N–H and O–H groups in total. The monoisotopic (exact) mass is 375 g/mol. The Balaban J connectivity index is 1.38. The lowest BCUT2D eigenvalue weighted by molar-refractivity contribution is -0.906. The van der Waals surface area contributed by atoms with Crippen LogP contribution in [-0.2, 0) is 19.7 Å². The molecule has 0 aromatic heterocycles. The van der Waals surface area contributed by atoms with Crippen LogP contribution in [0.4, 0.5) is 0 Å². The van der Waals surface area contributed by atoms with Crippen molar-refractivity contribution < 1.29 is 22.8 Å². The van der Waals surface area contributed by atoms with E-state index >= 15 is 0 Å². The molecule has 0 spiro atoms. The van der Waals surface area contributed by atoms with E-state index in [1.165, 1.54) is 4.90 Å². The van der Waals surface area contributed by atoms with Crippen molar-refractivity contribution in [3.05, 3.63) is 0 Å². The highest BCUT2D eigenvalue weighted by Gasteiger charge is 2.35. The molecule has 0 radical (unpaired) electrons. The number of quaternary nitrogens is 1. The summed E-state index contributed by atoms with van der Waals surface area (Å²) >= 11 is 0. The van der Waals surface area contributed by atoms with E-state index in [9.17, 15) is 13.2 Å². The summed E-state index contributed by atoms with van der Waals surface area (Å²) in [5, 5.41) is 3.03. The van der Waals surface area contributed by atoms with E-state index in [2.05, 4.69) is 5.32 Å². The summed E-state index contributed by atoms with van der Waals surface area (Å²) in [5.74, 6) is 0.00981. The zero-order valence-electron chi connectivity index (χ0n) is 14.9. The van der Waals surface area contributed by atoms with E-state index in [-0.39, 0.29) is 11.8 Å². The normalized spacial score (nSPS) is 25.3. The number of piperidine rings is 1. The first-order chi connectivity index (χ1) is 12.1. The van der Waals surface area contributed by atoms with Crippen molar-refractivity contribution in [1.29, 1.82) is 0 Å². The van der Waals surface area contributed by atoms with Crippen molar-refractivity contribution in [1.82, 2.24) is 13.9 Å². The van der Waals surface area contributed by atoms with Crippen LogP contribution < -0.4 is 10.2 Å². The topological polar surface area (TPSA) is 83.4 Å². The Morgan fingerprint density at radius 1 is 1.04 bits per heavy atom. The number of ether oxygens (including phenoxy) is 1. The average molecular weight is 376 g/mol. The van der Waals surface area contributed by atoms with Gasteiger partial charge >= 0.3 is 0 Å². The van der Waals surface area contributed by atoms with Crippen LogP contribution in [0.3, 0.4) is 0 Å². The third kappa shape index (κ3) is 4.91. The molecule has 0 aromatic carbocycles. The highest BCUT2D eigenvalue weighted by atomic mass is 32.2. The third-order valence-electron chi connectivity index (χ3n) is 5.52. The van der Waals surface area contributed by atoms with E-state index in [1.54, 1.807) is 8.61 Å². The van der Waals surface area contributed by atoms with Crippen LogP contribution in [-0.4, -0.2) is 88.5 Å². The van der Waals surface area contributed by atoms with Gasteiger partial charge in [-0.1, -0.05) is 0 Å². The molecule has 1 amide bonds. The molecule has 0 bridgehead atoms. The predicted molar refractivity (Wildman–Crippen MR) is 93.4 cm³/mol. The number of amides is 1. The highest BCUT2D eigenvalue weighted by Crippen LogP contribution is 2.23. The summed E-state index contributed by atoms with van der Waals surface area (Å²) in [6.07, 6.45) is 3.12. The van der Waals surface area contributed by atoms with Gasteiger partial charge in [-0.05, 0) is 25.7 Å². The molecule has 8 nitrogen and oxygen atoms in total. The van der Waals surface area contributed by atoms with Crippen LogP contribution in [0.15, 0.2) is 0 Å². The molecule has 3 saturated heterocycles. The minimum absolute atomic E-state index is 0.0651. The van der Waals surface area contributed by atoms with Gasteiger partial charge in [0.15, 0.2) is 0 Å². The fourth-order valence-electron chi connectivity index (χ4n) is 3.85. The van der Waals surface area contributed by atoms with Gasteiger partial charge in [0, 0.05) is 32.1 Å². The zero-order valence-corrected chi connectivity index (χ0v) is 15.7. The van der Waals surface area contributed by atoms with Gasteiger partial charge in [-0.3, -0.25) is 4.79 Å². The lowest BCUT2D eigenvalue weighted by atomic mass is 9.97. The van der Waals surface area contributed by atoms with E-state index < -0.39 is 10.2 Å². The number of carbonyl (C=O) groups is 1. The number of nitrogens with one attached hydrogen (secondary N) is 2. The van der Waals surface area contributed by atoms with Gasteiger partial charge in [0.1, 0.15) is 13.1 Å². The molecule has 3 aliphatic rings. The molecule has 0 aliphatic carbocycles. The van der Waals surface area contributed by atoms with Crippen LogP contribution in [0, 0.1) is 5.92 Å². The van der Waals surface area contributed by atoms with Gasteiger partial charge < -0.3 is 15.0 Å². The first-order valence-electron chi connectivity index (χ1n) is 9.51. The summed E-state index contributed by atoms with van der Waals surface area (Å²) in [7, 11) is -3.32. The average Bonchev–Trinajstić information content (AvgIpc) is 3.18. The van der Waals surface area contributed by atoms with Crippen molar-refractivity contribution >= 4 is 16.1 Å². The summed E-state index contributed by atoms with van der Waals surface area (Å²) in [6.45, 7) is 7.37. The molecule has 9 heteroatoms. The lowest BCUT2D eigenvalue weighted by Gasteiger charge is -2.33. The largest absolute Gasteiger partial charge is 0.370 e. The number of carbonyl (C=O) groups excluding carboxylic acids is 1. The minimum Gasteiger partial charge on any atom is -0.370 e. The Bertz CT molecular complexity index is 536. The summed E-state index contributed by atoms with van der Waals surface area (Å²) in [5.41, 5.74) is 0. The van der Waals surface area contributed by atoms with Gasteiger partial charge in [-0.25, -0.2) is 0 Å². The maximum Gasteiger partial charge on any atom is 0.281 e. The second-order valence-electron chi connectivity index (χ2n) is 7.19. The fourth-order valence-corrected chi connectivity index (χ4v) is 5.57. The molecule has 0 atom stereocenters. The van der Waals surface area contributed by atoms with E-state index in [1.807, 2.05) is 0 Å². The Morgan fingerprint density at radius 3 is 2.28 bits per heavy atom. The Morgan fingerprint density at radius 2 is 1.64 bits per heavy atom. The maximum atomic E-state index is 12.5. The van der Waals surface area contributed by atoms with Crippen LogP contribution in [0.5, 0.6) is 0 Å². The van der Waals surface area contributed by atoms with Crippen molar-refractivity contribution in [2.75, 3.05) is 65.6 Å². The first-order valence-corrected chi connectivity index (χ1v) is 10.9. The quantitative estimate of drug-likeness (QED) is 0.566. The van der Waals surface area contributed by atoms with E-state index in [0.717, 1.165) is 45.7 Å². The molecule has 144 valence electrons. The van der Waals surface area contributed by atoms with Gasteiger partial charge in [0.25, 0.3) is 10.2 Å². The lowest BCUT2D eigenvalue weighted by Crippen LogP contribution is -3.14. The number of rotatable bonds is 6. The van der Waals surface area contributed by atoms with E-state index in [0.29, 0.717) is 45.6 Å². The number of hydrogen-bond acceptors (Lipinski definition) is 4. The summed E-state index contributed by atoms with van der Waals surface area (Å²) in [4.78, 5) is 13.8. The second kappa shape index (κ2) is 8.77. The van der Waals surface area contributed by atoms with Crippen LogP contribution in [0.25, 0.3) is 0 Å². The second-order valence-corrected chi connectivity index (χ2v) is 9.12. The molecular weight excluding hydrogens is 344 g/mol. The molecule has 0 saturated carbocycles. The summed E-state index contributed by atoms with van der Waals surface area (Å²) < 4.78 is 33.6. The van der Waals surface area contributed by atoms with Gasteiger partial charge in [0.05, 0.1) is 26.3 Å². The fraction of sp³-hybridized carbons (Fsp3) is 0.938. The predicted octanol–water partition coefficient (Wildman–Crippen LogP) is -1.93. The van der Waals surface area contributed by atoms with Crippen LogP contribution >= 0.6 is 0 Å². The molecule has 3 rings (SSSR count). The molecule has 3 fully saturated rings. The van der Waals surface area contributed by atoms with E-state index in [4.69, 9.17) is 4.74 Å². The van der Waals surface area contributed by atoms with Gasteiger partial charge in [-0.2, -0.15) is 17.0 Å². The molecular formula is C16H31N4O4S+. The van der Waals surface area contributed by atoms with Gasteiger partial charge in [0.2, 0.25) is 5.91 Å². The minimum atomic E-state index is -3.32. The molecule has 3 heterocycles. The third-order valence-corrected chi connectivity index (χ3v) is 7.56. The first kappa shape index (κ1) is 19.0.